The quantitative estimate of drug-likeness (QED) is 0.321. The summed E-state index contributed by atoms with van der Waals surface area (Å²) in [6.45, 7) is 2.30. The van der Waals surface area contributed by atoms with E-state index in [1.54, 1.807) is 25.1 Å². The van der Waals surface area contributed by atoms with Crippen LogP contribution in [-0.4, -0.2) is 27.5 Å². The number of ether oxygens (including phenoxy) is 1. The summed E-state index contributed by atoms with van der Waals surface area (Å²) in [5.41, 5.74) is 1.39. The molecule has 2 N–H and O–H groups in total. The van der Waals surface area contributed by atoms with Crippen molar-refractivity contribution in [3.63, 3.8) is 0 Å². The minimum absolute atomic E-state index is 0.0253. The van der Waals surface area contributed by atoms with Gasteiger partial charge in [0.05, 0.1) is 17.3 Å². The van der Waals surface area contributed by atoms with Crippen LogP contribution in [0.4, 0.5) is 5.69 Å². The van der Waals surface area contributed by atoms with Gasteiger partial charge < -0.3 is 10.1 Å². The number of rotatable bonds is 8. The van der Waals surface area contributed by atoms with E-state index in [4.69, 9.17) is 16.3 Å². The maximum atomic E-state index is 12.9. The van der Waals surface area contributed by atoms with Crippen LogP contribution < -0.4 is 14.8 Å². The number of benzene rings is 4. The molecule has 34 heavy (non-hydrogen) atoms. The molecule has 4 rings (SSSR count). The monoisotopic (exact) mass is 494 g/mol. The predicted molar refractivity (Wildman–Crippen MR) is 135 cm³/mol. The zero-order valence-corrected chi connectivity index (χ0v) is 20.0. The van der Waals surface area contributed by atoms with E-state index in [0.717, 1.165) is 16.3 Å². The van der Waals surface area contributed by atoms with Gasteiger partial charge in [-0.25, -0.2) is 8.42 Å². The summed E-state index contributed by atoms with van der Waals surface area (Å²) in [6, 6.07) is 24.9. The third-order valence-corrected chi connectivity index (χ3v) is 7.10. The fourth-order valence-corrected chi connectivity index (χ4v) is 5.09. The Bertz CT molecular complexity index is 1450. The summed E-state index contributed by atoms with van der Waals surface area (Å²) < 4.78 is 34.1. The van der Waals surface area contributed by atoms with Gasteiger partial charge in [-0.15, -0.1) is 0 Å². The first kappa shape index (κ1) is 23.6. The second-order valence-corrected chi connectivity index (χ2v) is 9.74. The largest absolute Gasteiger partial charge is 0.492 e. The van der Waals surface area contributed by atoms with Crippen LogP contribution in [0.15, 0.2) is 89.8 Å². The molecule has 0 saturated heterocycles. The Kier molecular flexibility index (Phi) is 7.05. The van der Waals surface area contributed by atoms with Crippen molar-refractivity contribution in [1.82, 2.24) is 5.32 Å². The van der Waals surface area contributed by atoms with Gasteiger partial charge in [0.2, 0.25) is 0 Å². The Labute approximate surface area is 203 Å². The number of halogens is 1. The first-order valence-corrected chi connectivity index (χ1v) is 12.5. The average Bonchev–Trinajstić information content (AvgIpc) is 2.83. The van der Waals surface area contributed by atoms with Crippen molar-refractivity contribution in [1.29, 1.82) is 0 Å². The van der Waals surface area contributed by atoms with Crippen LogP contribution in [0, 0.1) is 6.92 Å². The second kappa shape index (κ2) is 10.2. The van der Waals surface area contributed by atoms with E-state index < -0.39 is 15.9 Å². The summed E-state index contributed by atoms with van der Waals surface area (Å²) in [5.74, 6) is 0.279. The van der Waals surface area contributed by atoms with Gasteiger partial charge in [-0.05, 0) is 59.7 Å². The van der Waals surface area contributed by atoms with Crippen LogP contribution in [-0.2, 0) is 10.0 Å². The molecule has 0 bridgehead atoms. The van der Waals surface area contributed by atoms with Gasteiger partial charge in [-0.3, -0.25) is 9.52 Å². The Balaban J connectivity index is 1.39. The zero-order valence-electron chi connectivity index (χ0n) is 18.4. The summed E-state index contributed by atoms with van der Waals surface area (Å²) in [7, 11) is -3.99. The van der Waals surface area contributed by atoms with Crippen molar-refractivity contribution in [3.05, 3.63) is 101 Å². The fourth-order valence-electron chi connectivity index (χ4n) is 3.43. The van der Waals surface area contributed by atoms with E-state index in [1.165, 1.54) is 18.2 Å². The van der Waals surface area contributed by atoms with Crippen LogP contribution in [0.3, 0.4) is 0 Å². The maximum Gasteiger partial charge on any atom is 0.263 e. The standard InChI is InChI=1S/C26H23ClN2O4S/c1-18-6-2-5-9-24(18)29-34(31,32)25-17-21(11-13-23(25)27)26(30)28-14-15-33-22-12-10-19-7-3-4-8-20(19)16-22/h2-13,16-17,29H,14-15H2,1H3,(H,28,30). The first-order chi connectivity index (χ1) is 16.3. The molecule has 6 nitrogen and oxygen atoms in total. The molecule has 0 aliphatic carbocycles. The molecule has 0 atom stereocenters. The molecule has 4 aromatic carbocycles. The molecule has 0 unspecified atom stereocenters. The predicted octanol–water partition coefficient (Wildman–Crippen LogP) is 5.41. The Morgan fingerprint density at radius 2 is 1.65 bits per heavy atom. The van der Waals surface area contributed by atoms with E-state index in [-0.39, 0.29) is 28.6 Å². The minimum atomic E-state index is -3.99. The smallest absolute Gasteiger partial charge is 0.263 e. The molecule has 0 heterocycles. The summed E-state index contributed by atoms with van der Waals surface area (Å²) in [4.78, 5) is 12.4. The summed E-state index contributed by atoms with van der Waals surface area (Å²) >= 11 is 6.16. The zero-order chi connectivity index (χ0) is 24.1. The number of amides is 1. The third kappa shape index (κ3) is 5.50. The Morgan fingerprint density at radius 3 is 2.44 bits per heavy atom. The number of carbonyl (C=O) groups excluding carboxylic acids is 1. The van der Waals surface area contributed by atoms with Crippen molar-refractivity contribution < 1.29 is 17.9 Å². The molecule has 4 aromatic rings. The number of sulfonamides is 1. The molecule has 0 aromatic heterocycles. The van der Waals surface area contributed by atoms with E-state index in [2.05, 4.69) is 10.0 Å². The number of para-hydroxylation sites is 1. The van der Waals surface area contributed by atoms with Gasteiger partial charge in [-0.2, -0.15) is 0 Å². The topological polar surface area (TPSA) is 84.5 Å². The lowest BCUT2D eigenvalue weighted by molar-refractivity contribution is 0.0947. The molecular formula is C26H23ClN2O4S. The lowest BCUT2D eigenvalue weighted by Crippen LogP contribution is -2.28. The number of hydrogen-bond donors (Lipinski definition) is 2. The average molecular weight is 495 g/mol. The van der Waals surface area contributed by atoms with Crippen molar-refractivity contribution >= 4 is 44.0 Å². The van der Waals surface area contributed by atoms with Crippen LogP contribution in [0.1, 0.15) is 15.9 Å². The van der Waals surface area contributed by atoms with E-state index in [0.29, 0.717) is 11.4 Å². The maximum absolute atomic E-state index is 12.9. The first-order valence-electron chi connectivity index (χ1n) is 10.6. The van der Waals surface area contributed by atoms with Crippen molar-refractivity contribution in [2.24, 2.45) is 0 Å². The fraction of sp³-hybridized carbons (Fsp3) is 0.115. The van der Waals surface area contributed by atoms with Crippen LogP contribution in [0.25, 0.3) is 10.8 Å². The molecule has 0 fully saturated rings. The van der Waals surface area contributed by atoms with Crippen molar-refractivity contribution in [3.8, 4) is 5.75 Å². The second-order valence-electron chi connectivity index (χ2n) is 7.68. The number of carbonyl (C=O) groups is 1. The minimum Gasteiger partial charge on any atom is -0.492 e. The summed E-state index contributed by atoms with van der Waals surface area (Å²) in [5, 5.41) is 4.95. The van der Waals surface area contributed by atoms with Crippen molar-refractivity contribution in [2.75, 3.05) is 17.9 Å². The van der Waals surface area contributed by atoms with E-state index in [1.807, 2.05) is 48.5 Å². The lowest BCUT2D eigenvalue weighted by atomic mass is 10.1. The molecule has 8 heteroatoms. The van der Waals surface area contributed by atoms with E-state index in [9.17, 15) is 13.2 Å². The van der Waals surface area contributed by atoms with Crippen LogP contribution in [0.5, 0.6) is 5.75 Å². The number of nitrogens with one attached hydrogen (secondary N) is 2. The molecular weight excluding hydrogens is 472 g/mol. The number of hydrogen-bond acceptors (Lipinski definition) is 4. The number of aryl methyl sites for hydroxylation is 1. The van der Waals surface area contributed by atoms with Gasteiger partial charge >= 0.3 is 0 Å². The van der Waals surface area contributed by atoms with Gasteiger partial charge in [0.1, 0.15) is 17.3 Å². The van der Waals surface area contributed by atoms with Gasteiger partial charge in [0.25, 0.3) is 15.9 Å². The summed E-state index contributed by atoms with van der Waals surface area (Å²) in [6.07, 6.45) is 0. The third-order valence-electron chi connectivity index (χ3n) is 5.25. The van der Waals surface area contributed by atoms with Gasteiger partial charge in [-0.1, -0.05) is 60.1 Å². The highest BCUT2D eigenvalue weighted by Crippen LogP contribution is 2.26. The Morgan fingerprint density at radius 1 is 0.912 bits per heavy atom. The highest BCUT2D eigenvalue weighted by atomic mass is 35.5. The number of anilines is 1. The van der Waals surface area contributed by atoms with Crippen molar-refractivity contribution in [2.45, 2.75) is 11.8 Å². The molecule has 0 radical (unpaired) electrons. The molecule has 174 valence electrons. The van der Waals surface area contributed by atoms with Crippen LogP contribution in [0.2, 0.25) is 5.02 Å². The highest BCUT2D eigenvalue weighted by Gasteiger charge is 2.21. The van der Waals surface area contributed by atoms with Crippen LogP contribution >= 0.6 is 11.6 Å². The van der Waals surface area contributed by atoms with Gasteiger partial charge in [0.15, 0.2) is 0 Å². The Hall–Kier alpha value is -3.55. The molecule has 0 spiro atoms. The normalized spacial score (nSPS) is 11.2. The molecule has 0 saturated carbocycles. The SMILES string of the molecule is Cc1ccccc1NS(=O)(=O)c1cc(C(=O)NCCOc2ccc3ccccc3c2)ccc1Cl. The molecule has 0 aliphatic rings. The highest BCUT2D eigenvalue weighted by molar-refractivity contribution is 7.92. The molecule has 1 amide bonds. The molecule has 0 aliphatic heterocycles. The number of fused-ring (bicyclic) bond motifs is 1. The van der Waals surface area contributed by atoms with Gasteiger partial charge in [0, 0.05) is 5.56 Å². The lowest BCUT2D eigenvalue weighted by Gasteiger charge is -2.13. The van der Waals surface area contributed by atoms with E-state index >= 15 is 0 Å².